The highest BCUT2D eigenvalue weighted by Gasteiger charge is 2.04. The molecule has 0 fully saturated rings. The number of esters is 1. The van der Waals surface area contributed by atoms with E-state index in [1.165, 1.54) is 7.11 Å². The van der Waals surface area contributed by atoms with Gasteiger partial charge in [-0.25, -0.2) is 4.79 Å². The molecule has 5 nitrogen and oxygen atoms in total. The fourth-order valence-electron chi connectivity index (χ4n) is 1.44. The molecule has 0 heterocycles. The van der Waals surface area contributed by atoms with E-state index in [-0.39, 0.29) is 12.5 Å². The van der Waals surface area contributed by atoms with Gasteiger partial charge < -0.3 is 14.8 Å². The molecule has 1 aromatic rings. The van der Waals surface area contributed by atoms with Crippen LogP contribution in [0.15, 0.2) is 24.3 Å². The monoisotopic (exact) mass is 299 g/mol. The van der Waals surface area contributed by atoms with Crippen LogP contribution in [0.4, 0.5) is 5.69 Å². The minimum absolute atomic E-state index is 0.0432. The number of amides is 1. The van der Waals surface area contributed by atoms with Crippen molar-refractivity contribution in [2.45, 2.75) is 19.3 Å². The summed E-state index contributed by atoms with van der Waals surface area (Å²) in [6.07, 6.45) is 2.05. The Morgan fingerprint density at radius 1 is 1.20 bits per heavy atom. The van der Waals surface area contributed by atoms with Gasteiger partial charge in [0.25, 0.3) is 0 Å². The van der Waals surface area contributed by atoms with Crippen molar-refractivity contribution in [3.8, 4) is 5.75 Å². The number of carbonyl (C=O) groups excluding carboxylic acids is 2. The van der Waals surface area contributed by atoms with Gasteiger partial charge in [0.1, 0.15) is 5.75 Å². The van der Waals surface area contributed by atoms with Crippen LogP contribution in [0.5, 0.6) is 5.75 Å². The lowest BCUT2D eigenvalue weighted by molar-refractivity contribution is -0.142. The number of anilines is 1. The van der Waals surface area contributed by atoms with E-state index in [9.17, 15) is 9.59 Å². The Kier molecular flexibility index (Phi) is 7.50. The molecule has 6 heteroatoms. The summed E-state index contributed by atoms with van der Waals surface area (Å²) < 4.78 is 9.66. The second-order valence-corrected chi connectivity index (χ2v) is 4.46. The quantitative estimate of drug-likeness (QED) is 0.455. The summed E-state index contributed by atoms with van der Waals surface area (Å²) in [6.45, 7) is -0.138. The smallest absolute Gasteiger partial charge is 0.343 e. The van der Waals surface area contributed by atoms with E-state index in [0.717, 1.165) is 12.8 Å². The highest BCUT2D eigenvalue weighted by atomic mass is 35.5. The molecule has 1 N–H and O–H groups in total. The predicted octanol–water partition coefficient (Wildman–Crippen LogP) is 2.59. The maximum atomic E-state index is 11.6. The average molecular weight is 300 g/mol. The molecule has 20 heavy (non-hydrogen) atoms. The molecule has 0 aliphatic heterocycles. The zero-order valence-corrected chi connectivity index (χ0v) is 12.1. The molecule has 1 rings (SSSR count). The van der Waals surface area contributed by atoms with E-state index in [1.807, 2.05) is 0 Å². The molecule has 1 amide bonds. The largest absolute Gasteiger partial charge is 0.482 e. The highest BCUT2D eigenvalue weighted by Crippen LogP contribution is 2.16. The lowest BCUT2D eigenvalue weighted by Crippen LogP contribution is -2.13. The fraction of sp³-hybridized carbons (Fsp3) is 0.429. The predicted molar refractivity (Wildman–Crippen MR) is 77.2 cm³/mol. The molecule has 0 saturated heterocycles. The zero-order valence-electron chi connectivity index (χ0n) is 11.4. The van der Waals surface area contributed by atoms with Crippen LogP contribution in [0, 0.1) is 0 Å². The molecule has 0 radical (unpaired) electrons. The summed E-state index contributed by atoms with van der Waals surface area (Å²) in [5.74, 6) is 0.620. The number of halogens is 1. The van der Waals surface area contributed by atoms with E-state index in [0.29, 0.717) is 23.7 Å². The summed E-state index contributed by atoms with van der Waals surface area (Å²) in [7, 11) is 1.30. The lowest BCUT2D eigenvalue weighted by Gasteiger charge is -2.07. The molecule has 0 saturated carbocycles. The number of ether oxygens (including phenoxy) is 2. The maximum Gasteiger partial charge on any atom is 0.343 e. The van der Waals surface area contributed by atoms with Gasteiger partial charge in [-0.05, 0) is 37.1 Å². The minimum Gasteiger partial charge on any atom is -0.482 e. The Morgan fingerprint density at radius 3 is 2.50 bits per heavy atom. The van der Waals surface area contributed by atoms with E-state index < -0.39 is 5.97 Å². The molecule has 1 aromatic carbocycles. The van der Waals surface area contributed by atoms with Crippen LogP contribution in [0.25, 0.3) is 0 Å². The van der Waals surface area contributed by atoms with Crippen molar-refractivity contribution >= 4 is 29.2 Å². The fourth-order valence-corrected chi connectivity index (χ4v) is 1.63. The van der Waals surface area contributed by atoms with Crippen LogP contribution in [0.1, 0.15) is 19.3 Å². The number of alkyl halides is 1. The third-order valence-electron chi connectivity index (χ3n) is 2.51. The van der Waals surface area contributed by atoms with E-state index in [2.05, 4.69) is 10.1 Å². The SMILES string of the molecule is COC(=O)COc1ccc(NC(=O)CCCCCl)cc1. The molecular weight excluding hydrogens is 282 g/mol. The van der Waals surface area contributed by atoms with E-state index in [1.54, 1.807) is 24.3 Å². The summed E-state index contributed by atoms with van der Waals surface area (Å²) in [6, 6.07) is 6.78. The van der Waals surface area contributed by atoms with Crippen LogP contribution in [0.2, 0.25) is 0 Å². The number of hydrogen-bond acceptors (Lipinski definition) is 4. The van der Waals surface area contributed by atoms with Gasteiger partial charge in [0, 0.05) is 18.0 Å². The van der Waals surface area contributed by atoms with Gasteiger partial charge in [-0.15, -0.1) is 11.6 Å². The summed E-state index contributed by atoms with van der Waals surface area (Å²) in [4.78, 5) is 22.5. The Balaban J connectivity index is 2.38. The van der Waals surface area contributed by atoms with Gasteiger partial charge in [0.2, 0.25) is 5.91 Å². The Labute approximate surface area is 123 Å². The van der Waals surface area contributed by atoms with Crippen molar-refractivity contribution in [2.75, 3.05) is 24.9 Å². The first-order chi connectivity index (χ1) is 9.65. The number of rotatable bonds is 8. The number of nitrogens with one attached hydrogen (secondary N) is 1. The second kappa shape index (κ2) is 9.20. The van der Waals surface area contributed by atoms with Gasteiger partial charge >= 0.3 is 5.97 Å². The lowest BCUT2D eigenvalue weighted by atomic mass is 10.2. The van der Waals surface area contributed by atoms with Gasteiger partial charge in [0.05, 0.1) is 7.11 Å². The molecular formula is C14H18ClNO4. The molecule has 110 valence electrons. The van der Waals surface area contributed by atoms with Gasteiger partial charge in [-0.3, -0.25) is 4.79 Å². The second-order valence-electron chi connectivity index (χ2n) is 4.08. The zero-order chi connectivity index (χ0) is 14.8. The van der Waals surface area contributed by atoms with Gasteiger partial charge in [-0.1, -0.05) is 0 Å². The Bertz CT molecular complexity index is 433. The number of benzene rings is 1. The van der Waals surface area contributed by atoms with Crippen molar-refractivity contribution < 1.29 is 19.1 Å². The summed E-state index contributed by atoms with van der Waals surface area (Å²) >= 11 is 5.55. The number of hydrogen-bond donors (Lipinski definition) is 1. The maximum absolute atomic E-state index is 11.6. The van der Waals surface area contributed by atoms with Crippen LogP contribution in [-0.4, -0.2) is 31.5 Å². The topological polar surface area (TPSA) is 64.6 Å². The molecule has 0 atom stereocenters. The first kappa shape index (κ1) is 16.3. The number of unbranched alkanes of at least 4 members (excludes halogenated alkanes) is 1. The normalized spacial score (nSPS) is 9.90. The Morgan fingerprint density at radius 2 is 1.90 bits per heavy atom. The van der Waals surface area contributed by atoms with Gasteiger partial charge in [-0.2, -0.15) is 0 Å². The van der Waals surface area contributed by atoms with Crippen LogP contribution < -0.4 is 10.1 Å². The minimum atomic E-state index is -0.443. The summed E-state index contributed by atoms with van der Waals surface area (Å²) in [5.41, 5.74) is 0.686. The first-order valence-electron chi connectivity index (χ1n) is 6.31. The first-order valence-corrected chi connectivity index (χ1v) is 6.84. The van der Waals surface area contributed by atoms with Crippen molar-refractivity contribution in [1.29, 1.82) is 0 Å². The summed E-state index contributed by atoms with van der Waals surface area (Å²) in [5, 5.41) is 2.77. The van der Waals surface area contributed by atoms with Crippen molar-refractivity contribution in [1.82, 2.24) is 0 Å². The Hall–Kier alpha value is -1.75. The molecule has 0 aliphatic rings. The van der Waals surface area contributed by atoms with Crippen molar-refractivity contribution in [3.63, 3.8) is 0 Å². The number of carbonyl (C=O) groups is 2. The van der Waals surface area contributed by atoms with Crippen molar-refractivity contribution in [2.24, 2.45) is 0 Å². The third-order valence-corrected chi connectivity index (χ3v) is 2.78. The van der Waals surface area contributed by atoms with Crippen LogP contribution in [-0.2, 0) is 14.3 Å². The average Bonchev–Trinajstić information content (AvgIpc) is 2.46. The molecule has 0 aromatic heterocycles. The van der Waals surface area contributed by atoms with E-state index >= 15 is 0 Å². The van der Waals surface area contributed by atoms with Crippen molar-refractivity contribution in [3.05, 3.63) is 24.3 Å². The molecule has 0 unspecified atom stereocenters. The standard InChI is InChI=1S/C14H18ClNO4/c1-19-14(18)10-20-12-7-5-11(6-8-12)16-13(17)4-2-3-9-15/h5-8H,2-4,9-10H2,1H3,(H,16,17). The molecule has 0 spiro atoms. The highest BCUT2D eigenvalue weighted by molar-refractivity contribution is 6.17. The van der Waals surface area contributed by atoms with E-state index in [4.69, 9.17) is 16.3 Å². The number of methoxy groups -OCH3 is 1. The van der Waals surface area contributed by atoms with Gasteiger partial charge in [0.15, 0.2) is 6.61 Å². The van der Waals surface area contributed by atoms with Crippen LogP contribution in [0.3, 0.4) is 0 Å². The van der Waals surface area contributed by atoms with Crippen LogP contribution >= 0.6 is 11.6 Å². The molecule has 0 bridgehead atoms. The third kappa shape index (κ3) is 6.43. The molecule has 0 aliphatic carbocycles.